The van der Waals surface area contributed by atoms with Crippen LogP contribution in [0.15, 0.2) is 297 Å². The normalized spacial score (nSPS) is 11.5. The summed E-state index contributed by atoms with van der Waals surface area (Å²) in [7, 11) is 0. The molecule has 5 nitrogen and oxygen atoms in total. The van der Waals surface area contributed by atoms with Gasteiger partial charge in [-0.05, 0) is 99.1 Å². The van der Waals surface area contributed by atoms with E-state index in [-0.39, 0.29) is 0 Å². The van der Waals surface area contributed by atoms with Crippen molar-refractivity contribution in [2.24, 2.45) is 0 Å². The summed E-state index contributed by atoms with van der Waals surface area (Å²) in [5.41, 5.74) is 20.2. The fraction of sp³-hybridized carbons (Fsp3) is 0. The number of hydrogen-bond donors (Lipinski definition) is 0. The maximum absolute atomic E-state index is 5.57. The maximum atomic E-state index is 5.57. The van der Waals surface area contributed by atoms with Crippen molar-refractivity contribution in [2.45, 2.75) is 0 Å². The van der Waals surface area contributed by atoms with Crippen molar-refractivity contribution in [3.63, 3.8) is 0 Å². The second-order valence-corrected chi connectivity index (χ2v) is 20.3. The molecule has 0 radical (unpaired) electrons. The lowest BCUT2D eigenvalue weighted by atomic mass is 9.92. The zero-order chi connectivity index (χ0) is 52.9. The van der Waals surface area contributed by atoms with Crippen LogP contribution in [0.2, 0.25) is 0 Å². The average molecular weight is 1020 g/mol. The summed E-state index contributed by atoms with van der Waals surface area (Å²) in [6.45, 7) is 0. The largest absolute Gasteiger partial charge is 0.307 e. The highest BCUT2D eigenvalue weighted by molar-refractivity contribution is 6.24. The Labute approximate surface area is 463 Å². The Morgan fingerprint density at radius 2 is 0.537 bits per heavy atom. The molecular weight excluding hydrogens is 971 g/mol. The van der Waals surface area contributed by atoms with Crippen molar-refractivity contribution in [2.75, 3.05) is 0 Å². The molecule has 3 heterocycles. The lowest BCUT2D eigenvalue weighted by Crippen LogP contribution is -2.05. The molecule has 5 heteroatoms. The predicted octanol–water partition coefficient (Wildman–Crippen LogP) is 19.4. The van der Waals surface area contributed by atoms with Crippen LogP contribution >= 0.6 is 0 Å². The van der Waals surface area contributed by atoms with E-state index < -0.39 is 0 Å². The molecule has 0 bridgehead atoms. The van der Waals surface area contributed by atoms with E-state index in [9.17, 15) is 0 Å². The van der Waals surface area contributed by atoms with Gasteiger partial charge in [-0.25, -0.2) is 15.0 Å². The molecule has 0 aliphatic carbocycles. The minimum Gasteiger partial charge on any atom is -0.307 e. The van der Waals surface area contributed by atoms with Gasteiger partial charge >= 0.3 is 0 Å². The third-order valence-electron chi connectivity index (χ3n) is 15.5. The first-order chi connectivity index (χ1) is 39.7. The maximum Gasteiger partial charge on any atom is 0.164 e. The monoisotopic (exact) mass is 1020 g/mol. The van der Waals surface area contributed by atoms with Crippen LogP contribution in [0.4, 0.5) is 0 Å². The van der Waals surface area contributed by atoms with E-state index in [1.165, 1.54) is 21.5 Å². The van der Waals surface area contributed by atoms with E-state index in [0.29, 0.717) is 17.5 Å². The number of hydrogen-bond acceptors (Lipinski definition) is 3. The van der Waals surface area contributed by atoms with Gasteiger partial charge in [0.1, 0.15) is 0 Å². The van der Waals surface area contributed by atoms with Crippen LogP contribution in [0.5, 0.6) is 0 Å². The molecule has 12 aromatic carbocycles. The summed E-state index contributed by atoms with van der Waals surface area (Å²) in [6, 6.07) is 106. The van der Waals surface area contributed by atoms with E-state index in [1.54, 1.807) is 0 Å². The first-order valence-electron chi connectivity index (χ1n) is 27.2. The molecule has 15 aromatic rings. The fourth-order valence-electron chi connectivity index (χ4n) is 11.8. The highest BCUT2D eigenvalue weighted by atomic mass is 15.1. The molecule has 15 rings (SSSR count). The first kappa shape index (κ1) is 46.5. The summed E-state index contributed by atoms with van der Waals surface area (Å²) in [6.07, 6.45) is 0. The number of aromatic nitrogens is 5. The Kier molecular flexibility index (Phi) is 11.4. The number of benzene rings is 12. The fourth-order valence-corrected chi connectivity index (χ4v) is 11.8. The highest BCUT2D eigenvalue weighted by Gasteiger charge is 2.26. The Morgan fingerprint density at radius 3 is 1.01 bits per heavy atom. The smallest absolute Gasteiger partial charge is 0.164 e. The summed E-state index contributed by atoms with van der Waals surface area (Å²) in [5.74, 6) is 1.73. The zero-order valence-electron chi connectivity index (χ0n) is 43.5. The molecule has 0 aliphatic rings. The quantitative estimate of drug-likeness (QED) is 0.137. The van der Waals surface area contributed by atoms with Crippen LogP contribution in [-0.4, -0.2) is 24.1 Å². The lowest BCUT2D eigenvalue weighted by molar-refractivity contribution is 1.07. The number of para-hydroxylation sites is 3. The van der Waals surface area contributed by atoms with Crippen molar-refractivity contribution < 1.29 is 0 Å². The van der Waals surface area contributed by atoms with Gasteiger partial charge in [0.05, 0.1) is 27.8 Å². The SMILES string of the molecule is c1ccc(-c2ccc(-c3nc(-c4cc(-c5ccccc5)cc(-c5ccccc5)c4)nc(-c4cc(-c5ccccc5)c(-n5c6ccccc6c6ccc7c8ccccc8n(-c8ccccc8)c7c65)c(-c5ccccc5)c4)n3)cc2)cc1. The third kappa shape index (κ3) is 8.15. The van der Waals surface area contributed by atoms with Gasteiger partial charge in [0, 0.05) is 55.0 Å². The predicted molar refractivity (Wildman–Crippen MR) is 332 cm³/mol. The topological polar surface area (TPSA) is 48.5 Å². The van der Waals surface area contributed by atoms with Gasteiger partial charge < -0.3 is 9.13 Å². The van der Waals surface area contributed by atoms with Crippen LogP contribution in [0.1, 0.15) is 0 Å². The molecule has 0 saturated carbocycles. The molecular formula is C75H49N5. The lowest BCUT2D eigenvalue weighted by Gasteiger charge is -2.22. The minimum atomic E-state index is 0.568. The molecule has 0 amide bonds. The second kappa shape index (κ2) is 19.7. The standard InChI is InChI=1S/C75H49N5/c1-7-23-50(24-8-1)53-39-41-56(42-40-53)73-76-74(59-46-57(51-25-9-2-10-26-51)45-58(47-59)52-27-11-3-12-28-52)78-75(77-73)60-48-66(54-29-13-4-14-30-54)70(67(49-60)55-31-15-5-16-32-55)80-69-38-22-20-36-63(69)65-44-43-64-62-35-19-21-37-68(62)79(71(64)72(65)80)61-33-17-6-18-34-61/h1-49H. The second-order valence-electron chi connectivity index (χ2n) is 20.3. The van der Waals surface area contributed by atoms with Crippen LogP contribution in [0.25, 0.3) is 145 Å². The zero-order valence-corrected chi connectivity index (χ0v) is 43.5. The number of nitrogens with zero attached hydrogens (tertiary/aromatic N) is 5. The van der Waals surface area contributed by atoms with E-state index >= 15 is 0 Å². The van der Waals surface area contributed by atoms with Crippen molar-refractivity contribution in [1.29, 1.82) is 0 Å². The summed E-state index contributed by atoms with van der Waals surface area (Å²) >= 11 is 0. The van der Waals surface area contributed by atoms with Gasteiger partial charge in [-0.1, -0.05) is 243 Å². The molecule has 0 saturated heterocycles. The van der Waals surface area contributed by atoms with E-state index in [2.05, 4.69) is 300 Å². The summed E-state index contributed by atoms with van der Waals surface area (Å²) in [4.78, 5) is 16.5. The van der Waals surface area contributed by atoms with Gasteiger partial charge in [-0.2, -0.15) is 0 Å². The summed E-state index contributed by atoms with van der Waals surface area (Å²) in [5, 5.41) is 4.74. The van der Waals surface area contributed by atoms with Crippen molar-refractivity contribution in [1.82, 2.24) is 24.1 Å². The molecule has 374 valence electrons. The Morgan fingerprint density at radius 1 is 0.212 bits per heavy atom. The van der Waals surface area contributed by atoms with Gasteiger partial charge in [0.2, 0.25) is 0 Å². The summed E-state index contributed by atoms with van der Waals surface area (Å²) < 4.78 is 5.00. The van der Waals surface area contributed by atoms with Crippen molar-refractivity contribution >= 4 is 43.6 Å². The van der Waals surface area contributed by atoms with Crippen LogP contribution in [0.3, 0.4) is 0 Å². The van der Waals surface area contributed by atoms with Crippen molar-refractivity contribution in [3.8, 4) is 101 Å². The van der Waals surface area contributed by atoms with Gasteiger partial charge in [-0.15, -0.1) is 0 Å². The molecule has 0 atom stereocenters. The number of rotatable bonds is 10. The third-order valence-corrected chi connectivity index (χ3v) is 15.5. The molecule has 0 spiro atoms. The number of fused-ring (bicyclic) bond motifs is 7. The Hall–Kier alpha value is -10.8. The van der Waals surface area contributed by atoms with Crippen LogP contribution < -0.4 is 0 Å². The molecule has 80 heavy (non-hydrogen) atoms. The molecule has 0 unspecified atom stereocenters. The average Bonchev–Trinajstić information content (AvgIpc) is 4.24. The Balaban J connectivity index is 1.04. The Bertz CT molecular complexity index is 4650. The molecule has 0 fully saturated rings. The molecule has 3 aromatic heterocycles. The van der Waals surface area contributed by atoms with Gasteiger partial charge in [0.25, 0.3) is 0 Å². The van der Waals surface area contributed by atoms with Crippen LogP contribution in [0, 0.1) is 0 Å². The van der Waals surface area contributed by atoms with E-state index in [4.69, 9.17) is 15.0 Å². The molecule has 0 aliphatic heterocycles. The van der Waals surface area contributed by atoms with E-state index in [1.807, 2.05) is 6.07 Å². The molecule has 0 N–H and O–H groups in total. The van der Waals surface area contributed by atoms with E-state index in [0.717, 1.165) is 106 Å². The van der Waals surface area contributed by atoms with Crippen LogP contribution in [-0.2, 0) is 0 Å². The minimum absolute atomic E-state index is 0.568. The highest BCUT2D eigenvalue weighted by Crippen LogP contribution is 2.47. The van der Waals surface area contributed by atoms with Gasteiger partial charge in [-0.3, -0.25) is 0 Å². The van der Waals surface area contributed by atoms with Crippen molar-refractivity contribution in [3.05, 3.63) is 297 Å². The van der Waals surface area contributed by atoms with Gasteiger partial charge in [0.15, 0.2) is 17.5 Å². The first-order valence-corrected chi connectivity index (χ1v) is 27.2.